The maximum atomic E-state index is 8.46. The third-order valence-corrected chi connectivity index (χ3v) is 4.21. The molecule has 8 heteroatoms. The van der Waals surface area contributed by atoms with Crippen molar-refractivity contribution in [2.45, 2.75) is 0 Å². The minimum atomic E-state index is 0.0110. The zero-order chi connectivity index (χ0) is 17.9. The van der Waals surface area contributed by atoms with Gasteiger partial charge in [0.15, 0.2) is 4.67 Å². The Morgan fingerprint density at radius 2 is 1.67 bits per heavy atom. The van der Waals surface area contributed by atoms with Crippen molar-refractivity contribution in [3.05, 3.63) is 77.6 Å². The van der Waals surface area contributed by atoms with Crippen molar-refractivity contribution in [3.8, 4) is 12.1 Å². The van der Waals surface area contributed by atoms with Crippen LogP contribution in [-0.2, 0) is 0 Å². The predicted octanol–water partition coefficient (Wildman–Crippen LogP) is 6.12. The standard InChI is InChI=1S/C8H3BrN2O.C8H3BrN2S/c2*1-11-6(5-10)4-7-2-3-8(9)12-7/h2*2-4H/b2*6-4-. The van der Waals surface area contributed by atoms with Gasteiger partial charge in [0, 0.05) is 4.88 Å². The normalized spacial score (nSPS) is 10.4. The molecule has 24 heavy (non-hydrogen) atoms. The van der Waals surface area contributed by atoms with Crippen molar-refractivity contribution >= 4 is 55.3 Å². The lowest BCUT2D eigenvalue weighted by Gasteiger charge is -1.82. The van der Waals surface area contributed by atoms with E-state index in [1.807, 2.05) is 18.2 Å². The van der Waals surface area contributed by atoms with Crippen LogP contribution in [0.1, 0.15) is 10.6 Å². The predicted molar refractivity (Wildman–Crippen MR) is 98.8 cm³/mol. The number of hydrogen-bond donors (Lipinski definition) is 0. The summed E-state index contributed by atoms with van der Waals surface area (Å²) in [6.07, 6.45) is 2.96. The van der Waals surface area contributed by atoms with Gasteiger partial charge >= 0.3 is 0 Å². The Hall–Kier alpha value is -2.62. The molecule has 0 unspecified atom stereocenters. The fraction of sp³-hybridized carbons (Fsp3) is 0. The summed E-state index contributed by atoms with van der Waals surface area (Å²) in [5, 5.41) is 16.9. The van der Waals surface area contributed by atoms with Gasteiger partial charge in [0.05, 0.1) is 29.1 Å². The van der Waals surface area contributed by atoms with Gasteiger partial charge in [-0.25, -0.2) is 20.2 Å². The van der Waals surface area contributed by atoms with E-state index in [1.165, 1.54) is 17.4 Å². The fourth-order valence-electron chi connectivity index (χ4n) is 1.26. The number of thiophene rings is 1. The first-order chi connectivity index (χ1) is 11.5. The zero-order valence-electron chi connectivity index (χ0n) is 11.8. The molecule has 0 bridgehead atoms. The molecule has 116 valence electrons. The SMILES string of the molecule is [C-]#[N+]/C(C#N)=C\c1ccc(Br)o1.[C-]#[N+]/C(C#N)=C\c1ccc(Br)s1. The van der Waals surface area contributed by atoms with Crippen molar-refractivity contribution in [2.75, 3.05) is 0 Å². The van der Waals surface area contributed by atoms with Gasteiger partial charge in [-0.3, -0.25) is 0 Å². The second-order valence-electron chi connectivity index (χ2n) is 3.79. The molecule has 0 radical (unpaired) electrons. The molecule has 0 spiro atoms. The third kappa shape index (κ3) is 6.65. The Kier molecular flexibility index (Phi) is 8.26. The summed E-state index contributed by atoms with van der Waals surface area (Å²) < 4.78 is 6.64. The second-order valence-corrected chi connectivity index (χ2v) is 7.07. The van der Waals surface area contributed by atoms with E-state index in [0.29, 0.717) is 10.4 Å². The van der Waals surface area contributed by atoms with Gasteiger partial charge in [-0.2, -0.15) is 0 Å². The summed E-state index contributed by atoms with van der Waals surface area (Å²) in [5.41, 5.74) is 0.126. The first kappa shape index (κ1) is 19.4. The highest BCUT2D eigenvalue weighted by atomic mass is 79.9. The van der Waals surface area contributed by atoms with Crippen LogP contribution in [0.25, 0.3) is 21.8 Å². The van der Waals surface area contributed by atoms with Crippen LogP contribution in [0.2, 0.25) is 0 Å². The van der Waals surface area contributed by atoms with Crippen LogP contribution in [-0.4, -0.2) is 0 Å². The van der Waals surface area contributed by atoms with E-state index in [-0.39, 0.29) is 11.4 Å². The van der Waals surface area contributed by atoms with Crippen molar-refractivity contribution in [3.63, 3.8) is 0 Å². The molecule has 2 aromatic heterocycles. The summed E-state index contributed by atoms with van der Waals surface area (Å²) in [7, 11) is 0. The Morgan fingerprint density at radius 3 is 2.08 bits per heavy atom. The molecule has 0 aliphatic carbocycles. The molecule has 0 atom stereocenters. The largest absolute Gasteiger partial charge is 0.451 e. The molecule has 0 aliphatic heterocycles. The van der Waals surface area contributed by atoms with Crippen LogP contribution >= 0.6 is 43.2 Å². The summed E-state index contributed by atoms with van der Waals surface area (Å²) in [6, 6.07) is 10.7. The molecule has 5 nitrogen and oxygen atoms in total. The van der Waals surface area contributed by atoms with Crippen LogP contribution in [0.15, 0.2) is 48.5 Å². The minimum Gasteiger partial charge on any atom is -0.451 e. The number of hydrogen-bond acceptors (Lipinski definition) is 4. The Balaban J connectivity index is 0.000000240. The van der Waals surface area contributed by atoms with Crippen LogP contribution < -0.4 is 0 Å². The molecule has 2 rings (SSSR count). The van der Waals surface area contributed by atoms with Crippen LogP contribution in [0.3, 0.4) is 0 Å². The van der Waals surface area contributed by atoms with E-state index < -0.39 is 0 Å². The van der Waals surface area contributed by atoms with Gasteiger partial charge in [0.1, 0.15) is 5.76 Å². The molecule has 0 amide bonds. The van der Waals surface area contributed by atoms with Crippen LogP contribution in [0, 0.1) is 35.8 Å². The number of rotatable bonds is 2. The molecule has 0 N–H and O–H groups in total. The minimum absolute atomic E-state index is 0.0110. The average molecular weight is 462 g/mol. The summed E-state index contributed by atoms with van der Waals surface area (Å²) in [6.45, 7) is 13.2. The van der Waals surface area contributed by atoms with E-state index in [0.717, 1.165) is 8.66 Å². The van der Waals surface area contributed by atoms with Crippen molar-refractivity contribution < 1.29 is 4.42 Å². The summed E-state index contributed by atoms with van der Waals surface area (Å²) >= 11 is 7.90. The number of furan rings is 1. The quantitative estimate of drug-likeness (QED) is 0.399. The van der Waals surface area contributed by atoms with E-state index in [4.69, 9.17) is 28.1 Å². The van der Waals surface area contributed by atoms with Gasteiger partial charge in [0.25, 0.3) is 11.4 Å². The Labute approximate surface area is 159 Å². The Morgan fingerprint density at radius 1 is 1.04 bits per heavy atom. The van der Waals surface area contributed by atoms with Gasteiger partial charge in [0.2, 0.25) is 0 Å². The molecular formula is C16H6Br2N4OS. The first-order valence-corrected chi connectivity index (χ1v) is 8.41. The molecule has 2 aromatic rings. The first-order valence-electron chi connectivity index (χ1n) is 6.01. The van der Waals surface area contributed by atoms with E-state index >= 15 is 0 Å². The summed E-state index contributed by atoms with van der Waals surface area (Å²) in [5.74, 6) is 0.495. The average Bonchev–Trinajstić information content (AvgIpc) is 3.19. The molecule has 0 aliphatic rings. The van der Waals surface area contributed by atoms with E-state index in [1.54, 1.807) is 24.3 Å². The lowest BCUT2D eigenvalue weighted by Crippen LogP contribution is -1.67. The van der Waals surface area contributed by atoms with Crippen molar-refractivity contribution in [2.24, 2.45) is 0 Å². The molecule has 0 saturated carbocycles. The van der Waals surface area contributed by atoms with Gasteiger partial charge in [-0.1, -0.05) is 0 Å². The molecular weight excluding hydrogens is 456 g/mol. The van der Waals surface area contributed by atoms with Gasteiger partial charge in [-0.15, -0.1) is 11.3 Å². The lowest BCUT2D eigenvalue weighted by molar-refractivity contribution is 0.531. The van der Waals surface area contributed by atoms with Gasteiger partial charge < -0.3 is 4.42 Å². The van der Waals surface area contributed by atoms with E-state index in [9.17, 15) is 0 Å². The third-order valence-electron chi connectivity index (χ3n) is 2.22. The highest BCUT2D eigenvalue weighted by Crippen LogP contribution is 2.24. The smallest absolute Gasteiger partial charge is 0.265 e. The second kappa shape index (κ2) is 10.2. The number of nitriles is 2. The van der Waals surface area contributed by atoms with Crippen LogP contribution in [0.5, 0.6) is 0 Å². The molecule has 2 heterocycles. The van der Waals surface area contributed by atoms with Gasteiger partial charge in [-0.05, 0) is 68.3 Å². The maximum Gasteiger partial charge on any atom is 0.265 e. The van der Waals surface area contributed by atoms with Crippen LogP contribution in [0.4, 0.5) is 0 Å². The molecule has 0 fully saturated rings. The topological polar surface area (TPSA) is 69.4 Å². The number of nitrogens with zero attached hydrogens (tertiary/aromatic N) is 4. The monoisotopic (exact) mass is 460 g/mol. The lowest BCUT2D eigenvalue weighted by atomic mass is 10.3. The number of halogens is 2. The molecule has 0 saturated heterocycles. The highest BCUT2D eigenvalue weighted by Gasteiger charge is 1.98. The van der Waals surface area contributed by atoms with E-state index in [2.05, 4.69) is 41.5 Å². The van der Waals surface area contributed by atoms with Crippen molar-refractivity contribution in [1.29, 1.82) is 10.5 Å². The molecule has 0 aromatic carbocycles. The number of allylic oxidation sites excluding steroid dienone is 2. The van der Waals surface area contributed by atoms with Crippen molar-refractivity contribution in [1.82, 2.24) is 0 Å². The maximum absolute atomic E-state index is 8.46. The highest BCUT2D eigenvalue weighted by molar-refractivity contribution is 9.11. The zero-order valence-corrected chi connectivity index (χ0v) is 15.8. The fourth-order valence-corrected chi connectivity index (χ4v) is 2.94. The Bertz CT molecular complexity index is 832. The summed E-state index contributed by atoms with van der Waals surface area (Å²) in [4.78, 5) is 6.95.